The average Bonchev–Trinajstić information content (AvgIpc) is 2.45. The van der Waals surface area contributed by atoms with E-state index in [1.165, 1.54) is 45.2 Å². The van der Waals surface area contributed by atoms with Gasteiger partial charge in [0.1, 0.15) is 0 Å². The Kier molecular flexibility index (Phi) is 6.10. The van der Waals surface area contributed by atoms with Gasteiger partial charge in [-0.3, -0.25) is 0 Å². The predicted molar refractivity (Wildman–Crippen MR) is 89.5 cm³/mol. The van der Waals surface area contributed by atoms with Gasteiger partial charge in [-0.05, 0) is 56.9 Å². The number of nitrogens with zero attached hydrogens (tertiary/aromatic N) is 1. The van der Waals surface area contributed by atoms with Crippen LogP contribution in [0.2, 0.25) is 0 Å². The first-order valence-corrected chi connectivity index (χ1v) is 9.10. The minimum Gasteiger partial charge on any atom is -0.390 e. The molecule has 1 aliphatic heterocycles. The van der Waals surface area contributed by atoms with Crippen LogP contribution in [0.4, 0.5) is 0 Å². The van der Waals surface area contributed by atoms with E-state index in [1.807, 2.05) is 6.92 Å². The van der Waals surface area contributed by atoms with Gasteiger partial charge in [0, 0.05) is 26.2 Å². The molecule has 2 N–H and O–H groups in total. The van der Waals surface area contributed by atoms with Gasteiger partial charge in [0.25, 0.3) is 0 Å². The predicted octanol–water partition coefficient (Wildman–Crippen LogP) is 3.03. The summed E-state index contributed by atoms with van der Waals surface area (Å²) in [5, 5.41) is 13.8. The highest BCUT2D eigenvalue weighted by atomic mass is 16.3. The first-order valence-electron chi connectivity index (χ1n) is 9.10. The van der Waals surface area contributed by atoms with Crippen LogP contribution in [-0.2, 0) is 0 Å². The van der Waals surface area contributed by atoms with Gasteiger partial charge in [-0.2, -0.15) is 0 Å². The summed E-state index contributed by atoms with van der Waals surface area (Å²) in [5.41, 5.74) is 0.0517. The second kappa shape index (κ2) is 7.43. The van der Waals surface area contributed by atoms with Gasteiger partial charge in [0.05, 0.1) is 5.60 Å². The molecule has 0 aromatic rings. The Hall–Kier alpha value is -0.120. The molecular formula is C18H36N2O. The fourth-order valence-electron chi connectivity index (χ4n) is 3.96. The van der Waals surface area contributed by atoms with E-state index < -0.39 is 5.60 Å². The molecule has 3 heteroatoms. The SMILES string of the molecule is CCCNCC1(CN2CCC(C)(O)CC2)CCC(C)CC1. The summed E-state index contributed by atoms with van der Waals surface area (Å²) in [6.07, 6.45) is 8.61. The first kappa shape index (κ1) is 17.2. The summed E-state index contributed by atoms with van der Waals surface area (Å²) >= 11 is 0. The number of hydrogen-bond donors (Lipinski definition) is 2. The maximum Gasteiger partial charge on any atom is 0.0644 e. The quantitative estimate of drug-likeness (QED) is 0.740. The molecule has 0 spiro atoms. The van der Waals surface area contributed by atoms with Crippen LogP contribution in [0.25, 0.3) is 0 Å². The lowest BCUT2D eigenvalue weighted by Gasteiger charge is -2.45. The van der Waals surface area contributed by atoms with Gasteiger partial charge in [-0.15, -0.1) is 0 Å². The molecule has 1 aliphatic carbocycles. The normalized spacial score (nSPS) is 34.0. The summed E-state index contributed by atoms with van der Waals surface area (Å²) in [4.78, 5) is 2.61. The van der Waals surface area contributed by atoms with Gasteiger partial charge in [-0.25, -0.2) is 0 Å². The molecule has 21 heavy (non-hydrogen) atoms. The lowest BCUT2D eigenvalue weighted by atomic mass is 9.70. The third-order valence-electron chi connectivity index (χ3n) is 5.75. The smallest absolute Gasteiger partial charge is 0.0644 e. The molecule has 0 aromatic heterocycles. The zero-order valence-electron chi connectivity index (χ0n) is 14.5. The van der Waals surface area contributed by atoms with E-state index in [4.69, 9.17) is 0 Å². The summed E-state index contributed by atoms with van der Waals surface area (Å²) < 4.78 is 0. The molecule has 0 bridgehead atoms. The Labute approximate surface area is 131 Å². The number of rotatable bonds is 6. The van der Waals surface area contributed by atoms with Crippen molar-refractivity contribution in [1.82, 2.24) is 10.2 Å². The van der Waals surface area contributed by atoms with Crippen LogP contribution >= 0.6 is 0 Å². The van der Waals surface area contributed by atoms with Gasteiger partial charge in [0.15, 0.2) is 0 Å². The standard InChI is InChI=1S/C18H36N2O/c1-4-11-19-14-18(7-5-16(2)6-8-18)15-20-12-9-17(3,21)10-13-20/h16,19,21H,4-15H2,1-3H3. The van der Waals surface area contributed by atoms with Crippen molar-refractivity contribution in [3.8, 4) is 0 Å². The molecule has 0 atom stereocenters. The van der Waals surface area contributed by atoms with Gasteiger partial charge in [-0.1, -0.05) is 26.7 Å². The van der Waals surface area contributed by atoms with Crippen LogP contribution in [0, 0.1) is 11.3 Å². The van der Waals surface area contributed by atoms with Crippen molar-refractivity contribution in [2.75, 3.05) is 32.7 Å². The zero-order valence-corrected chi connectivity index (χ0v) is 14.5. The molecule has 0 unspecified atom stereocenters. The maximum atomic E-state index is 10.1. The number of nitrogens with one attached hydrogen (secondary N) is 1. The van der Waals surface area contributed by atoms with Crippen LogP contribution in [-0.4, -0.2) is 48.3 Å². The number of likely N-dealkylation sites (tertiary alicyclic amines) is 1. The number of hydrogen-bond acceptors (Lipinski definition) is 3. The van der Waals surface area contributed by atoms with E-state index in [0.29, 0.717) is 5.41 Å². The molecular weight excluding hydrogens is 260 g/mol. The summed E-state index contributed by atoms with van der Waals surface area (Å²) in [6.45, 7) is 12.3. The molecule has 0 aromatic carbocycles. The molecule has 124 valence electrons. The summed E-state index contributed by atoms with van der Waals surface area (Å²) in [6, 6.07) is 0. The largest absolute Gasteiger partial charge is 0.390 e. The number of aliphatic hydroxyl groups is 1. The Bertz CT molecular complexity index is 298. The Morgan fingerprint density at radius 1 is 1.14 bits per heavy atom. The van der Waals surface area contributed by atoms with Crippen molar-refractivity contribution in [3.63, 3.8) is 0 Å². The molecule has 0 radical (unpaired) electrons. The highest BCUT2D eigenvalue weighted by Crippen LogP contribution is 2.40. The van der Waals surface area contributed by atoms with Crippen molar-refractivity contribution < 1.29 is 5.11 Å². The first-order chi connectivity index (χ1) is 9.95. The minimum absolute atomic E-state index is 0.425. The third kappa shape index (κ3) is 5.22. The highest BCUT2D eigenvalue weighted by molar-refractivity contribution is 4.91. The molecule has 2 aliphatic rings. The minimum atomic E-state index is -0.425. The summed E-state index contributed by atoms with van der Waals surface area (Å²) in [5.74, 6) is 0.909. The molecule has 1 saturated heterocycles. The van der Waals surface area contributed by atoms with Crippen LogP contribution < -0.4 is 5.32 Å². The van der Waals surface area contributed by atoms with E-state index in [9.17, 15) is 5.11 Å². The average molecular weight is 296 g/mol. The number of piperidine rings is 1. The van der Waals surface area contributed by atoms with Crippen molar-refractivity contribution in [2.24, 2.45) is 11.3 Å². The topological polar surface area (TPSA) is 35.5 Å². The summed E-state index contributed by atoms with van der Waals surface area (Å²) in [7, 11) is 0. The van der Waals surface area contributed by atoms with Crippen LogP contribution in [0.5, 0.6) is 0 Å². The van der Waals surface area contributed by atoms with Crippen LogP contribution in [0.1, 0.15) is 65.7 Å². The molecule has 3 nitrogen and oxygen atoms in total. The van der Waals surface area contributed by atoms with E-state index >= 15 is 0 Å². The lowest BCUT2D eigenvalue weighted by Crippen LogP contribution is -2.50. The molecule has 2 fully saturated rings. The second-order valence-corrected chi connectivity index (χ2v) is 8.13. The Morgan fingerprint density at radius 3 is 2.33 bits per heavy atom. The van der Waals surface area contributed by atoms with Gasteiger partial charge >= 0.3 is 0 Å². The van der Waals surface area contributed by atoms with E-state index in [0.717, 1.165) is 38.4 Å². The maximum absolute atomic E-state index is 10.1. The fourth-order valence-corrected chi connectivity index (χ4v) is 3.96. The van der Waals surface area contributed by atoms with Crippen molar-refractivity contribution in [3.05, 3.63) is 0 Å². The van der Waals surface area contributed by atoms with Crippen molar-refractivity contribution >= 4 is 0 Å². The molecule has 2 rings (SSSR count). The fraction of sp³-hybridized carbons (Fsp3) is 1.00. The highest BCUT2D eigenvalue weighted by Gasteiger charge is 2.37. The Balaban J connectivity index is 1.89. The zero-order chi connectivity index (χ0) is 15.3. The monoisotopic (exact) mass is 296 g/mol. The lowest BCUT2D eigenvalue weighted by molar-refractivity contribution is -0.0214. The Morgan fingerprint density at radius 2 is 1.76 bits per heavy atom. The van der Waals surface area contributed by atoms with Crippen LogP contribution in [0.3, 0.4) is 0 Å². The third-order valence-corrected chi connectivity index (χ3v) is 5.75. The van der Waals surface area contributed by atoms with Crippen molar-refractivity contribution in [1.29, 1.82) is 0 Å². The van der Waals surface area contributed by atoms with Gasteiger partial charge in [0.2, 0.25) is 0 Å². The second-order valence-electron chi connectivity index (χ2n) is 8.13. The van der Waals surface area contributed by atoms with E-state index in [-0.39, 0.29) is 0 Å². The van der Waals surface area contributed by atoms with E-state index in [1.54, 1.807) is 0 Å². The van der Waals surface area contributed by atoms with E-state index in [2.05, 4.69) is 24.1 Å². The van der Waals surface area contributed by atoms with Crippen LogP contribution in [0.15, 0.2) is 0 Å². The van der Waals surface area contributed by atoms with Crippen molar-refractivity contribution in [2.45, 2.75) is 71.3 Å². The molecule has 1 heterocycles. The van der Waals surface area contributed by atoms with Gasteiger partial charge < -0.3 is 15.3 Å². The molecule has 1 saturated carbocycles. The molecule has 0 amide bonds.